The van der Waals surface area contributed by atoms with Gasteiger partial charge in [0.05, 0.1) is 13.2 Å². The summed E-state index contributed by atoms with van der Waals surface area (Å²) in [5, 5.41) is 0. The molecule has 2 heterocycles. The van der Waals surface area contributed by atoms with Crippen molar-refractivity contribution in [2.75, 3.05) is 26.8 Å². The molecule has 2 aliphatic rings. The van der Waals surface area contributed by atoms with E-state index in [0.717, 1.165) is 16.2 Å². The summed E-state index contributed by atoms with van der Waals surface area (Å²) in [6.07, 6.45) is 1.05. The fourth-order valence-electron chi connectivity index (χ4n) is 3.10. The number of aryl methyl sites for hydroxylation is 1. The van der Waals surface area contributed by atoms with Crippen LogP contribution in [0.15, 0.2) is 24.3 Å². The van der Waals surface area contributed by atoms with E-state index >= 15 is 0 Å². The van der Waals surface area contributed by atoms with Crippen LogP contribution in [0.2, 0.25) is 0 Å². The third-order valence-electron chi connectivity index (χ3n) is 4.45. The number of hydrogen-bond acceptors (Lipinski definition) is 5. The smallest absolute Gasteiger partial charge is 0.417 e. The lowest BCUT2D eigenvalue weighted by Crippen LogP contribution is -2.42. The predicted molar refractivity (Wildman–Crippen MR) is 84.5 cm³/mol. The van der Waals surface area contributed by atoms with Gasteiger partial charge in [-0.15, -0.1) is 0 Å². The lowest BCUT2D eigenvalue weighted by Gasteiger charge is -2.20. The van der Waals surface area contributed by atoms with Crippen molar-refractivity contribution >= 4 is 17.9 Å². The summed E-state index contributed by atoms with van der Waals surface area (Å²) in [6, 6.07) is 7.36. The van der Waals surface area contributed by atoms with E-state index in [1.54, 1.807) is 12.0 Å². The molecule has 0 radical (unpaired) electrons. The van der Waals surface area contributed by atoms with Crippen LogP contribution in [0.1, 0.15) is 18.4 Å². The monoisotopic (exact) mass is 332 g/mol. The average molecular weight is 332 g/mol. The first kappa shape index (κ1) is 16.3. The second-order valence-corrected chi connectivity index (χ2v) is 5.95. The summed E-state index contributed by atoms with van der Waals surface area (Å²) in [5.74, 6) is 0.500. The maximum Gasteiger partial charge on any atom is 0.417 e. The Kier molecular flexibility index (Phi) is 4.69. The van der Waals surface area contributed by atoms with Gasteiger partial charge in [0.15, 0.2) is 6.61 Å². The molecule has 0 aromatic heterocycles. The van der Waals surface area contributed by atoms with Crippen molar-refractivity contribution in [3.05, 3.63) is 29.8 Å². The highest BCUT2D eigenvalue weighted by Crippen LogP contribution is 2.21. The second-order valence-electron chi connectivity index (χ2n) is 5.95. The highest BCUT2D eigenvalue weighted by Gasteiger charge is 2.41. The van der Waals surface area contributed by atoms with E-state index in [0.29, 0.717) is 32.4 Å². The van der Waals surface area contributed by atoms with Gasteiger partial charge < -0.3 is 14.4 Å². The maximum atomic E-state index is 12.3. The average Bonchev–Trinajstić information content (AvgIpc) is 3.20. The molecule has 1 aromatic rings. The summed E-state index contributed by atoms with van der Waals surface area (Å²) in [6.45, 7) is 0.756. The van der Waals surface area contributed by atoms with E-state index in [1.165, 1.54) is 0 Å². The van der Waals surface area contributed by atoms with Crippen LogP contribution in [-0.4, -0.2) is 60.6 Å². The molecule has 0 N–H and O–H groups in total. The molecular formula is C17H20N2O5. The Morgan fingerprint density at radius 1 is 1.29 bits per heavy atom. The molecule has 1 aromatic carbocycles. The zero-order chi connectivity index (χ0) is 17.1. The summed E-state index contributed by atoms with van der Waals surface area (Å²) in [4.78, 5) is 38.5. The highest BCUT2D eigenvalue weighted by atomic mass is 16.6. The second kappa shape index (κ2) is 6.90. The zero-order valence-electron chi connectivity index (χ0n) is 13.6. The standard InChI is InChI=1S/C17H20N2O5/c1-23-14-5-2-12(3-6-14)4-7-15(20)18-9-8-13(10-18)19-16(21)11-24-17(19)22/h2-3,5-6,13H,4,7-11H2,1H3. The molecule has 0 bridgehead atoms. The van der Waals surface area contributed by atoms with Gasteiger partial charge in [0.1, 0.15) is 5.75 Å². The lowest BCUT2D eigenvalue weighted by molar-refractivity contribution is -0.131. The number of carbonyl (C=O) groups is 3. The minimum atomic E-state index is -0.600. The molecule has 7 nitrogen and oxygen atoms in total. The van der Waals surface area contributed by atoms with Crippen LogP contribution in [0.4, 0.5) is 4.79 Å². The van der Waals surface area contributed by atoms with Gasteiger partial charge in [-0.25, -0.2) is 9.69 Å². The topological polar surface area (TPSA) is 76.2 Å². The molecule has 24 heavy (non-hydrogen) atoms. The molecule has 3 rings (SSSR count). The number of amides is 3. The van der Waals surface area contributed by atoms with E-state index in [9.17, 15) is 14.4 Å². The number of ether oxygens (including phenoxy) is 2. The van der Waals surface area contributed by atoms with Gasteiger partial charge in [0.25, 0.3) is 5.91 Å². The van der Waals surface area contributed by atoms with Gasteiger partial charge in [0, 0.05) is 19.5 Å². The highest BCUT2D eigenvalue weighted by molar-refractivity contribution is 5.98. The molecule has 1 atom stereocenters. The van der Waals surface area contributed by atoms with Crippen molar-refractivity contribution in [3.63, 3.8) is 0 Å². The van der Waals surface area contributed by atoms with Gasteiger partial charge in [-0.05, 0) is 30.5 Å². The van der Waals surface area contributed by atoms with E-state index in [2.05, 4.69) is 0 Å². The molecule has 0 spiro atoms. The lowest BCUT2D eigenvalue weighted by atomic mass is 10.1. The van der Waals surface area contributed by atoms with Crippen LogP contribution >= 0.6 is 0 Å². The molecule has 3 amide bonds. The predicted octanol–water partition coefficient (Wildman–Crippen LogP) is 1.21. The summed E-state index contributed by atoms with van der Waals surface area (Å²) >= 11 is 0. The van der Waals surface area contributed by atoms with Crippen molar-refractivity contribution < 1.29 is 23.9 Å². The van der Waals surface area contributed by atoms with E-state index in [-0.39, 0.29) is 24.5 Å². The number of hydrogen-bond donors (Lipinski definition) is 0. The molecule has 0 saturated carbocycles. The number of likely N-dealkylation sites (tertiary alicyclic amines) is 1. The molecule has 128 valence electrons. The fraction of sp³-hybridized carbons (Fsp3) is 0.471. The van der Waals surface area contributed by atoms with Crippen LogP contribution in [0.25, 0.3) is 0 Å². The van der Waals surface area contributed by atoms with Crippen molar-refractivity contribution in [1.82, 2.24) is 9.80 Å². The van der Waals surface area contributed by atoms with Crippen LogP contribution in [0.5, 0.6) is 5.75 Å². The summed E-state index contributed by atoms with van der Waals surface area (Å²) in [7, 11) is 1.61. The van der Waals surface area contributed by atoms with Crippen molar-refractivity contribution in [1.29, 1.82) is 0 Å². The first-order valence-electron chi connectivity index (χ1n) is 7.98. The van der Waals surface area contributed by atoms with E-state index in [1.807, 2.05) is 24.3 Å². The van der Waals surface area contributed by atoms with E-state index in [4.69, 9.17) is 9.47 Å². The third kappa shape index (κ3) is 3.34. The van der Waals surface area contributed by atoms with Crippen LogP contribution in [0.3, 0.4) is 0 Å². The molecule has 2 aliphatic heterocycles. The number of cyclic esters (lactones) is 1. The van der Waals surface area contributed by atoms with Crippen molar-refractivity contribution in [3.8, 4) is 5.75 Å². The molecule has 7 heteroatoms. The van der Waals surface area contributed by atoms with Gasteiger partial charge in [0.2, 0.25) is 5.91 Å². The molecule has 2 saturated heterocycles. The number of nitrogens with zero attached hydrogens (tertiary/aromatic N) is 2. The number of benzene rings is 1. The summed E-state index contributed by atoms with van der Waals surface area (Å²) < 4.78 is 9.84. The Morgan fingerprint density at radius 3 is 2.67 bits per heavy atom. The Bertz CT molecular complexity index is 627. The number of methoxy groups -OCH3 is 1. The van der Waals surface area contributed by atoms with Gasteiger partial charge in [-0.3, -0.25) is 9.59 Å². The third-order valence-corrected chi connectivity index (χ3v) is 4.45. The number of carbonyl (C=O) groups excluding carboxylic acids is 3. The Labute approximate surface area is 140 Å². The fourth-order valence-corrected chi connectivity index (χ4v) is 3.10. The Hall–Kier alpha value is -2.57. The Morgan fingerprint density at radius 2 is 2.04 bits per heavy atom. The van der Waals surface area contributed by atoms with Crippen LogP contribution in [-0.2, 0) is 20.7 Å². The normalized spacial score (nSPS) is 20.5. The molecular weight excluding hydrogens is 312 g/mol. The maximum absolute atomic E-state index is 12.3. The first-order valence-corrected chi connectivity index (χ1v) is 7.98. The van der Waals surface area contributed by atoms with Gasteiger partial charge in [-0.2, -0.15) is 0 Å². The van der Waals surface area contributed by atoms with Crippen LogP contribution < -0.4 is 4.74 Å². The first-order chi connectivity index (χ1) is 11.6. The largest absolute Gasteiger partial charge is 0.497 e. The number of rotatable bonds is 5. The molecule has 0 aliphatic carbocycles. The summed E-state index contributed by atoms with van der Waals surface area (Å²) in [5.41, 5.74) is 1.07. The van der Waals surface area contributed by atoms with Crippen molar-refractivity contribution in [2.45, 2.75) is 25.3 Å². The van der Waals surface area contributed by atoms with Crippen LogP contribution in [0, 0.1) is 0 Å². The van der Waals surface area contributed by atoms with Gasteiger partial charge >= 0.3 is 6.09 Å². The quantitative estimate of drug-likeness (QED) is 0.810. The molecule has 1 unspecified atom stereocenters. The zero-order valence-corrected chi connectivity index (χ0v) is 13.6. The van der Waals surface area contributed by atoms with Gasteiger partial charge in [-0.1, -0.05) is 12.1 Å². The molecule has 2 fully saturated rings. The minimum Gasteiger partial charge on any atom is -0.497 e. The minimum absolute atomic E-state index is 0.0355. The van der Waals surface area contributed by atoms with Crippen molar-refractivity contribution in [2.24, 2.45) is 0 Å². The Balaban J connectivity index is 1.51. The number of imide groups is 1. The van der Waals surface area contributed by atoms with E-state index < -0.39 is 6.09 Å². The SMILES string of the molecule is COc1ccc(CCC(=O)N2CCC(N3C(=O)COC3=O)C2)cc1.